The molecule has 73 heavy (non-hydrogen) atoms. The van der Waals surface area contributed by atoms with Gasteiger partial charge in [0.25, 0.3) is 0 Å². The Balaban J connectivity index is 6.61. The first kappa shape index (κ1) is 65.7. The fourth-order valence-electron chi connectivity index (χ4n) is 8.42. The van der Waals surface area contributed by atoms with Crippen LogP contribution in [-0.4, -0.2) is 171 Å². The molecule has 20 heteroatoms. The van der Waals surface area contributed by atoms with E-state index in [1.165, 1.54) is 51.8 Å². The molecule has 0 aromatic carbocycles. The van der Waals surface area contributed by atoms with Crippen molar-refractivity contribution in [2.24, 2.45) is 35.5 Å². The SMILES string of the molecule is [2H]N(C(=O)[C@H](CC(C)C)N(C)C(=O)[C@H](CC(C)C)NC(=O)OC(C)(C)C)[C@@H](C)C(=O)N[C@@H](C)C(=O)N(C)[C@@H](CC(C)C)C(=O)N[C@@H](CC(C)C)C(=O)N(C)[C@H](C(=O)N(C)[C@H](C(=O)O)[C@H](O)[C@H](C)C/C=C/C)C(C)C. The van der Waals surface area contributed by atoms with Crippen molar-refractivity contribution in [3.8, 4) is 0 Å². The zero-order chi connectivity index (χ0) is 58.0. The van der Waals surface area contributed by atoms with E-state index in [9.17, 15) is 53.4 Å². The van der Waals surface area contributed by atoms with Crippen molar-refractivity contribution in [3.05, 3.63) is 12.2 Å². The first-order chi connectivity index (χ1) is 33.8. The van der Waals surface area contributed by atoms with E-state index in [4.69, 9.17) is 6.15 Å². The Bertz CT molecular complexity index is 1920. The van der Waals surface area contributed by atoms with Crippen molar-refractivity contribution in [1.82, 2.24) is 40.9 Å². The lowest BCUT2D eigenvalue weighted by molar-refractivity contribution is -0.160. The number of amides is 8. The molecule has 0 fully saturated rings. The quantitative estimate of drug-likeness (QED) is 0.0563. The van der Waals surface area contributed by atoms with Gasteiger partial charge in [0.05, 0.1) is 6.10 Å². The van der Waals surface area contributed by atoms with Crippen LogP contribution < -0.4 is 21.3 Å². The van der Waals surface area contributed by atoms with Crippen molar-refractivity contribution in [3.63, 3.8) is 0 Å². The fraction of sp³-hybridized carbons (Fsp3) is 0.792. The van der Waals surface area contributed by atoms with Crippen LogP contribution in [0.4, 0.5) is 4.79 Å². The van der Waals surface area contributed by atoms with E-state index in [2.05, 4.69) is 16.0 Å². The Morgan fingerprint density at radius 1 is 0.562 bits per heavy atom. The van der Waals surface area contributed by atoms with Crippen LogP contribution in [0.3, 0.4) is 0 Å². The number of ether oxygens (including phenoxy) is 1. The van der Waals surface area contributed by atoms with Crippen LogP contribution in [0.15, 0.2) is 12.2 Å². The number of rotatable bonds is 29. The number of aliphatic hydroxyl groups is 1. The first-order valence-corrected chi connectivity index (χ1v) is 25.8. The van der Waals surface area contributed by atoms with Gasteiger partial charge in [-0.25, -0.2) is 9.59 Å². The molecule has 0 aromatic rings. The molecule has 0 aliphatic rings. The zero-order valence-corrected chi connectivity index (χ0v) is 48.1. The minimum absolute atomic E-state index is 0.0404. The topological polar surface area (TPSA) is 264 Å². The smallest absolute Gasteiger partial charge is 0.408 e. The van der Waals surface area contributed by atoms with Gasteiger partial charge in [-0.1, -0.05) is 88.3 Å². The van der Waals surface area contributed by atoms with Gasteiger partial charge in [0.1, 0.15) is 47.9 Å². The van der Waals surface area contributed by atoms with E-state index in [0.717, 1.165) is 9.80 Å². The Kier molecular flexibility index (Phi) is 27.8. The average molecular weight is 1040 g/mol. The molecule has 10 atom stereocenters. The maximum atomic E-state index is 14.5. The third-order valence-corrected chi connectivity index (χ3v) is 12.4. The van der Waals surface area contributed by atoms with Crippen LogP contribution in [0.5, 0.6) is 0 Å². The molecule has 420 valence electrons. The van der Waals surface area contributed by atoms with E-state index in [-0.39, 0.29) is 49.4 Å². The Hall–Kier alpha value is -5.27. The fourth-order valence-corrected chi connectivity index (χ4v) is 8.42. The van der Waals surface area contributed by atoms with Crippen molar-refractivity contribution >= 4 is 53.4 Å². The van der Waals surface area contributed by atoms with E-state index in [0.29, 0.717) is 11.7 Å². The van der Waals surface area contributed by atoms with Crippen LogP contribution >= 0.6 is 0 Å². The van der Waals surface area contributed by atoms with E-state index in [1.807, 2.05) is 55.4 Å². The molecule has 0 saturated heterocycles. The number of carbonyl (C=O) groups excluding carboxylic acids is 8. The normalized spacial score (nSPS) is 16.3. The van der Waals surface area contributed by atoms with E-state index >= 15 is 0 Å². The molecule has 0 aromatic heterocycles. The first-order valence-electron chi connectivity index (χ1n) is 26.3. The summed E-state index contributed by atoms with van der Waals surface area (Å²) in [5.41, 5.74) is -0.837. The average Bonchev–Trinajstić information content (AvgIpc) is 3.27. The highest BCUT2D eigenvalue weighted by molar-refractivity contribution is 5.97. The number of carboxylic acid groups (broad SMARTS) is 1. The molecule has 0 unspecified atom stereocenters. The molecule has 0 radical (unpaired) electrons. The Morgan fingerprint density at radius 2 is 0.986 bits per heavy atom. The number of nitrogens with one attached hydrogen (secondary N) is 4. The minimum atomic E-state index is -1.62. The number of carboxylic acids is 1. The number of aliphatic hydroxyl groups excluding tert-OH is 1. The molecule has 0 aliphatic heterocycles. The van der Waals surface area contributed by atoms with Gasteiger partial charge in [0, 0.05) is 28.2 Å². The number of nitrogens with zero attached hydrogens (tertiary/aromatic N) is 4. The number of likely N-dealkylation sites (N-methyl/N-ethyl adjacent to an activating group) is 4. The molecule has 0 saturated carbocycles. The van der Waals surface area contributed by atoms with Crippen molar-refractivity contribution in [2.45, 2.75) is 210 Å². The van der Waals surface area contributed by atoms with Gasteiger partial charge in [-0.2, -0.15) is 0 Å². The molecule has 0 heterocycles. The molecule has 8 amide bonds. The monoisotopic (exact) mass is 1040 g/mol. The summed E-state index contributed by atoms with van der Waals surface area (Å²) in [6.45, 7) is 29.4. The largest absolute Gasteiger partial charge is 0.480 e. The summed E-state index contributed by atoms with van der Waals surface area (Å²) < 4.78 is 14.2. The lowest BCUT2D eigenvalue weighted by Crippen LogP contribution is -2.61. The highest BCUT2D eigenvalue weighted by atomic mass is 16.6. The number of hydrogen-bond acceptors (Lipinski definition) is 11. The summed E-state index contributed by atoms with van der Waals surface area (Å²) in [5.74, 6) is -8.01. The van der Waals surface area contributed by atoms with Crippen LogP contribution in [0, 0.1) is 35.5 Å². The number of alkyl carbamates (subject to hydrolysis) is 1. The van der Waals surface area contributed by atoms with Crippen LogP contribution in [-0.2, 0) is 43.1 Å². The molecule has 0 rings (SSSR count). The number of hydrogen-bond donors (Lipinski definition) is 6. The predicted molar refractivity (Wildman–Crippen MR) is 281 cm³/mol. The summed E-state index contributed by atoms with van der Waals surface area (Å²) in [7, 11) is 5.46. The van der Waals surface area contributed by atoms with Gasteiger partial charge >= 0.3 is 12.1 Å². The summed E-state index contributed by atoms with van der Waals surface area (Å²) in [5, 5.41) is 29.8. The standard InChI is InChI=1S/C53H96N8O12/c1-22-23-24-34(12)43(62)42(51(70)71)61(21)50(69)41(33(10)11)60(20)49(68)37(25-29(2)3)56-46(65)40(28-32(8)9)58(18)47(66)36(14)55-44(63)35(13)54-45(64)39(27-31(6)7)59(19)48(67)38(26-30(4)5)57-52(72)73-53(15,16)17/h22-23,29-43,62H,24-28H2,1-21H3,(H,54,64)(H,55,63)(H,56,65)(H,57,72)(H,70,71)/b23-22+/t34-,35+,36+,37+,38+,39+,40+,41+,42+,43-/m1/s1/i/hD. The predicted octanol–water partition coefficient (Wildman–Crippen LogP) is 4.57. The summed E-state index contributed by atoms with van der Waals surface area (Å²) in [6, 6.07) is -10.2. The molecular formula is C53H96N8O12. The third-order valence-electron chi connectivity index (χ3n) is 12.4. The van der Waals surface area contributed by atoms with E-state index < -0.39 is 125 Å². The highest BCUT2D eigenvalue weighted by Crippen LogP contribution is 2.23. The van der Waals surface area contributed by atoms with Crippen LogP contribution in [0.25, 0.3) is 0 Å². The van der Waals surface area contributed by atoms with Crippen LogP contribution in [0.1, 0.15) is 150 Å². The Labute approximate surface area is 438 Å². The van der Waals surface area contributed by atoms with Gasteiger partial charge in [-0.15, -0.1) is 0 Å². The molecule has 0 aliphatic carbocycles. The van der Waals surface area contributed by atoms with Crippen LogP contribution in [0.2, 0.25) is 1.41 Å². The second-order valence-electron chi connectivity index (χ2n) is 22.7. The summed E-state index contributed by atoms with van der Waals surface area (Å²) >= 11 is 0. The highest BCUT2D eigenvalue weighted by Gasteiger charge is 2.43. The van der Waals surface area contributed by atoms with Gasteiger partial charge < -0.3 is 55.8 Å². The molecular weight excluding hydrogens is 941 g/mol. The maximum absolute atomic E-state index is 14.5. The number of aliphatic carboxylic acids is 1. The van der Waals surface area contributed by atoms with Crippen molar-refractivity contribution < 1.29 is 59.5 Å². The summed E-state index contributed by atoms with van der Waals surface area (Å²) in [6.07, 6.45) is 2.30. The van der Waals surface area contributed by atoms with Gasteiger partial charge in [0.15, 0.2) is 7.45 Å². The number of allylic oxidation sites excluding steroid dienone is 2. The van der Waals surface area contributed by atoms with E-state index in [1.54, 1.807) is 60.6 Å². The molecule has 6 N–H and O–H groups in total. The van der Waals surface area contributed by atoms with Gasteiger partial charge in [-0.3, -0.25) is 33.6 Å². The molecule has 20 nitrogen and oxygen atoms in total. The second-order valence-corrected chi connectivity index (χ2v) is 22.7. The zero-order valence-electron chi connectivity index (χ0n) is 49.1. The third kappa shape index (κ3) is 22.4. The molecule has 0 bridgehead atoms. The van der Waals surface area contributed by atoms with Gasteiger partial charge in [-0.05, 0) is 109 Å². The second kappa shape index (κ2) is 30.8. The minimum Gasteiger partial charge on any atom is -0.480 e. The Morgan fingerprint density at radius 3 is 1.41 bits per heavy atom. The number of carbonyl (C=O) groups is 9. The molecule has 0 spiro atoms. The van der Waals surface area contributed by atoms with Crippen molar-refractivity contribution in [2.75, 3.05) is 28.2 Å². The lowest BCUT2D eigenvalue weighted by atomic mass is 9.92. The maximum Gasteiger partial charge on any atom is 0.408 e. The van der Waals surface area contributed by atoms with Gasteiger partial charge in [0.2, 0.25) is 41.4 Å². The summed E-state index contributed by atoms with van der Waals surface area (Å²) in [4.78, 5) is 129. The van der Waals surface area contributed by atoms with Crippen molar-refractivity contribution in [1.29, 1.82) is 0 Å². The lowest BCUT2D eigenvalue weighted by Gasteiger charge is -2.39.